The molecule has 2 heterocycles. The van der Waals surface area contributed by atoms with Crippen LogP contribution in [-0.2, 0) is 31.3 Å². The molecule has 1 aliphatic heterocycles. The van der Waals surface area contributed by atoms with E-state index in [0.29, 0.717) is 6.92 Å². The molecule has 178 valence electrons. The van der Waals surface area contributed by atoms with Crippen molar-refractivity contribution in [1.29, 1.82) is 0 Å². The van der Waals surface area contributed by atoms with Crippen molar-refractivity contribution in [3.8, 4) is 0 Å². The smallest absolute Gasteiger partial charge is 0.341 e. The Labute approximate surface area is 187 Å². The van der Waals surface area contributed by atoms with Crippen LogP contribution in [0.3, 0.4) is 0 Å². The highest BCUT2D eigenvalue weighted by molar-refractivity contribution is 6.35. The summed E-state index contributed by atoms with van der Waals surface area (Å²) in [5.41, 5.74) is 0.0856. The minimum absolute atomic E-state index is 0.00169. The van der Waals surface area contributed by atoms with Crippen molar-refractivity contribution in [2.24, 2.45) is 0 Å². The summed E-state index contributed by atoms with van der Waals surface area (Å²) in [5, 5.41) is 4.10. The molecule has 0 amide bonds. The van der Waals surface area contributed by atoms with E-state index in [1.54, 1.807) is 0 Å². The first kappa shape index (κ1) is 25.0. The number of hydrogen-bond donors (Lipinski definition) is 0. The van der Waals surface area contributed by atoms with Gasteiger partial charge in [-0.3, -0.25) is 4.74 Å². The first-order chi connectivity index (χ1) is 14.8. The highest BCUT2D eigenvalue weighted by Gasteiger charge is 2.59. The van der Waals surface area contributed by atoms with Crippen molar-refractivity contribution in [2.75, 3.05) is 6.61 Å². The Kier molecular flexibility index (Phi) is 7.27. The summed E-state index contributed by atoms with van der Waals surface area (Å²) in [6.07, 6.45) is -10.9. The molecule has 1 aromatic carbocycles. The van der Waals surface area contributed by atoms with Gasteiger partial charge in [0.15, 0.2) is 12.4 Å². The molecule has 0 spiro atoms. The molecule has 7 nitrogen and oxygen atoms in total. The van der Waals surface area contributed by atoms with Crippen LogP contribution < -0.4 is 0 Å². The van der Waals surface area contributed by atoms with Crippen LogP contribution in [0.25, 0.3) is 0 Å². The predicted octanol–water partition coefficient (Wildman–Crippen LogP) is 4.68. The van der Waals surface area contributed by atoms with Crippen molar-refractivity contribution in [2.45, 2.75) is 50.3 Å². The van der Waals surface area contributed by atoms with Crippen LogP contribution in [0.15, 0.2) is 30.9 Å². The second-order valence-corrected chi connectivity index (χ2v) is 7.49. The maximum Gasteiger partial charge on any atom is 0.524 e. The number of alkyl halides is 6. The Bertz CT molecular complexity index is 920. The molecule has 0 N–H and O–H groups in total. The fourth-order valence-corrected chi connectivity index (χ4v) is 3.51. The van der Waals surface area contributed by atoms with E-state index in [-0.39, 0.29) is 22.2 Å². The number of halogens is 8. The van der Waals surface area contributed by atoms with E-state index in [1.807, 2.05) is 0 Å². The second kappa shape index (κ2) is 9.31. The maximum atomic E-state index is 14.7. The standard InChI is InChI=1S/C17H15Cl2F6N3O4/c1-9(31-17(23,24)25)30-14(20)16(21,22)13-5-29-15(32-13,6-28-8-26-7-27-28)11-3-2-10(18)4-12(11)19/h2-4,7-9,13-14H,5-6H2,1H3. The average molecular weight is 510 g/mol. The third-order valence-corrected chi connectivity index (χ3v) is 4.87. The fourth-order valence-electron chi connectivity index (χ4n) is 2.95. The molecule has 4 unspecified atom stereocenters. The minimum Gasteiger partial charge on any atom is -0.341 e. The van der Waals surface area contributed by atoms with Gasteiger partial charge in [-0.25, -0.2) is 14.1 Å². The highest BCUT2D eigenvalue weighted by atomic mass is 35.5. The summed E-state index contributed by atoms with van der Waals surface area (Å²) >= 11 is 12.1. The molecule has 1 fully saturated rings. The Morgan fingerprint density at radius 3 is 2.59 bits per heavy atom. The predicted molar refractivity (Wildman–Crippen MR) is 96.5 cm³/mol. The Hall–Kier alpha value is -1.64. The first-order valence-electron chi connectivity index (χ1n) is 8.84. The zero-order valence-electron chi connectivity index (χ0n) is 16.0. The lowest BCUT2D eigenvalue weighted by atomic mass is 10.1. The first-order valence-corrected chi connectivity index (χ1v) is 9.59. The Morgan fingerprint density at radius 1 is 1.28 bits per heavy atom. The molecule has 1 aromatic heterocycles. The van der Waals surface area contributed by atoms with E-state index >= 15 is 0 Å². The number of nitrogens with zero attached hydrogens (tertiary/aromatic N) is 3. The molecule has 2 aromatic rings. The zero-order chi connectivity index (χ0) is 23.7. The van der Waals surface area contributed by atoms with Crippen LogP contribution in [0.2, 0.25) is 10.0 Å². The van der Waals surface area contributed by atoms with Gasteiger partial charge in [0, 0.05) is 10.6 Å². The fraction of sp³-hybridized carbons (Fsp3) is 0.529. The molecular formula is C17H15Cl2F6N3O4. The van der Waals surface area contributed by atoms with Crippen molar-refractivity contribution in [3.63, 3.8) is 0 Å². The van der Waals surface area contributed by atoms with Gasteiger partial charge in [0.2, 0.25) is 5.79 Å². The number of benzene rings is 1. The van der Waals surface area contributed by atoms with E-state index in [2.05, 4.69) is 19.6 Å². The molecule has 15 heteroatoms. The van der Waals surface area contributed by atoms with Gasteiger partial charge < -0.3 is 14.2 Å². The number of rotatable bonds is 8. The van der Waals surface area contributed by atoms with Crippen LogP contribution in [-0.4, -0.2) is 52.4 Å². The summed E-state index contributed by atoms with van der Waals surface area (Å²) in [6, 6.07) is 4.09. The Balaban J connectivity index is 1.84. The van der Waals surface area contributed by atoms with Gasteiger partial charge in [0.25, 0.3) is 6.36 Å². The normalized spacial score (nSPS) is 24.0. The summed E-state index contributed by atoms with van der Waals surface area (Å²) in [4.78, 5) is 3.74. The van der Waals surface area contributed by atoms with E-state index in [1.165, 1.54) is 35.5 Å². The lowest BCUT2D eigenvalue weighted by molar-refractivity contribution is -0.396. The number of hydrogen-bond acceptors (Lipinski definition) is 6. The van der Waals surface area contributed by atoms with Crippen molar-refractivity contribution in [3.05, 3.63) is 46.5 Å². The Morgan fingerprint density at radius 2 is 2.00 bits per heavy atom. The van der Waals surface area contributed by atoms with E-state index < -0.39 is 43.4 Å². The minimum atomic E-state index is -5.21. The van der Waals surface area contributed by atoms with Crippen LogP contribution in [0.4, 0.5) is 26.3 Å². The largest absolute Gasteiger partial charge is 0.524 e. The van der Waals surface area contributed by atoms with Crippen LogP contribution in [0.1, 0.15) is 12.5 Å². The lowest BCUT2D eigenvalue weighted by Crippen LogP contribution is -2.48. The SMILES string of the molecule is CC(OC(F)C(F)(F)C1COC(Cn2cncn2)(c2ccc(Cl)cc2Cl)O1)OC(F)(F)F. The summed E-state index contributed by atoms with van der Waals surface area (Å²) in [7, 11) is 0. The average Bonchev–Trinajstić information content (AvgIpc) is 3.31. The number of aromatic nitrogens is 3. The van der Waals surface area contributed by atoms with Gasteiger partial charge in [0.1, 0.15) is 19.2 Å². The van der Waals surface area contributed by atoms with Gasteiger partial charge in [-0.05, 0) is 19.1 Å². The molecule has 32 heavy (non-hydrogen) atoms. The topological polar surface area (TPSA) is 67.6 Å². The molecular weight excluding hydrogens is 495 g/mol. The number of ether oxygens (including phenoxy) is 4. The van der Waals surface area contributed by atoms with Gasteiger partial charge in [0.05, 0.1) is 11.6 Å². The maximum absolute atomic E-state index is 14.7. The van der Waals surface area contributed by atoms with Crippen LogP contribution in [0, 0.1) is 0 Å². The van der Waals surface area contributed by atoms with E-state index in [4.69, 9.17) is 32.7 Å². The van der Waals surface area contributed by atoms with Crippen molar-refractivity contribution in [1.82, 2.24) is 14.8 Å². The third kappa shape index (κ3) is 5.64. The van der Waals surface area contributed by atoms with Gasteiger partial charge in [-0.15, -0.1) is 13.2 Å². The van der Waals surface area contributed by atoms with Crippen molar-refractivity contribution >= 4 is 23.2 Å². The van der Waals surface area contributed by atoms with Gasteiger partial charge in [-0.2, -0.15) is 13.9 Å². The lowest BCUT2D eigenvalue weighted by Gasteiger charge is -2.31. The van der Waals surface area contributed by atoms with Gasteiger partial charge >= 0.3 is 12.3 Å². The summed E-state index contributed by atoms with van der Waals surface area (Å²) in [6.45, 7) is -0.546. The van der Waals surface area contributed by atoms with Crippen molar-refractivity contribution < 1.29 is 45.3 Å². The molecule has 0 bridgehead atoms. The molecule has 1 saturated heterocycles. The molecule has 3 rings (SSSR count). The van der Waals surface area contributed by atoms with Crippen LogP contribution in [0.5, 0.6) is 0 Å². The van der Waals surface area contributed by atoms with E-state index in [9.17, 15) is 26.3 Å². The zero-order valence-corrected chi connectivity index (χ0v) is 17.5. The molecule has 4 atom stereocenters. The van der Waals surface area contributed by atoms with Gasteiger partial charge in [-0.1, -0.05) is 29.3 Å². The van der Waals surface area contributed by atoms with Crippen LogP contribution >= 0.6 is 23.2 Å². The summed E-state index contributed by atoms with van der Waals surface area (Å²) in [5.74, 6) is -6.39. The van der Waals surface area contributed by atoms with E-state index in [0.717, 1.165) is 0 Å². The molecule has 0 aliphatic carbocycles. The summed E-state index contributed by atoms with van der Waals surface area (Å²) < 4.78 is 99.7. The molecule has 1 aliphatic rings. The third-order valence-electron chi connectivity index (χ3n) is 4.32. The molecule has 0 radical (unpaired) electrons. The second-order valence-electron chi connectivity index (χ2n) is 6.65. The monoisotopic (exact) mass is 509 g/mol. The quantitative estimate of drug-likeness (QED) is 0.380. The molecule has 0 saturated carbocycles. The highest BCUT2D eigenvalue weighted by Crippen LogP contribution is 2.45.